The summed E-state index contributed by atoms with van der Waals surface area (Å²) >= 11 is 0. The molecule has 0 heterocycles. The lowest BCUT2D eigenvalue weighted by Gasteiger charge is -2.08. The molecule has 0 aliphatic heterocycles. The fourth-order valence-corrected chi connectivity index (χ4v) is 1.46. The normalized spacial score (nSPS) is 9.57. The lowest BCUT2D eigenvalue weighted by molar-refractivity contribution is -0.137. The molecular formula is C13H14N2O6. The fourth-order valence-electron chi connectivity index (χ4n) is 1.46. The van der Waals surface area contributed by atoms with Gasteiger partial charge >= 0.3 is 11.9 Å². The summed E-state index contributed by atoms with van der Waals surface area (Å²) < 4.78 is 4.55. The Balaban J connectivity index is 2.66. The van der Waals surface area contributed by atoms with Gasteiger partial charge in [0.2, 0.25) is 5.91 Å². The molecule has 1 rings (SSSR count). The molecular weight excluding hydrogens is 280 g/mol. The number of methoxy groups -OCH3 is 1. The molecule has 21 heavy (non-hydrogen) atoms. The molecule has 0 atom stereocenters. The first-order chi connectivity index (χ1) is 9.95. The Morgan fingerprint density at radius 2 is 1.67 bits per heavy atom. The fraction of sp³-hybridized carbons (Fsp3) is 0.231. The van der Waals surface area contributed by atoms with Crippen molar-refractivity contribution in [2.24, 2.45) is 0 Å². The molecule has 0 spiro atoms. The van der Waals surface area contributed by atoms with Crippen LogP contribution < -0.4 is 10.6 Å². The van der Waals surface area contributed by atoms with Gasteiger partial charge < -0.3 is 20.5 Å². The van der Waals surface area contributed by atoms with E-state index >= 15 is 0 Å². The molecule has 0 aromatic heterocycles. The van der Waals surface area contributed by atoms with Gasteiger partial charge in [-0.15, -0.1) is 0 Å². The van der Waals surface area contributed by atoms with Crippen LogP contribution in [-0.4, -0.2) is 49.1 Å². The second kappa shape index (κ2) is 7.63. The van der Waals surface area contributed by atoms with Crippen LogP contribution in [-0.2, 0) is 14.3 Å². The number of nitrogens with one attached hydrogen (secondary N) is 2. The van der Waals surface area contributed by atoms with Crippen LogP contribution in [0.3, 0.4) is 0 Å². The highest BCUT2D eigenvalue weighted by molar-refractivity contribution is 6.06. The summed E-state index contributed by atoms with van der Waals surface area (Å²) in [5.41, 5.74) is 0.138. The number of benzene rings is 1. The van der Waals surface area contributed by atoms with Crippen LogP contribution in [0.4, 0.5) is 0 Å². The summed E-state index contributed by atoms with van der Waals surface area (Å²) in [5, 5.41) is 12.8. The molecule has 2 amide bonds. The quantitative estimate of drug-likeness (QED) is 0.602. The van der Waals surface area contributed by atoms with Gasteiger partial charge in [0, 0.05) is 0 Å². The maximum absolute atomic E-state index is 11.9. The van der Waals surface area contributed by atoms with Crippen molar-refractivity contribution in [2.75, 3.05) is 20.2 Å². The Bertz CT molecular complexity index is 570. The minimum atomic E-state index is -1.19. The Kier molecular flexibility index (Phi) is 5.87. The van der Waals surface area contributed by atoms with E-state index in [9.17, 15) is 19.2 Å². The number of ether oxygens (including phenoxy) is 1. The summed E-state index contributed by atoms with van der Waals surface area (Å²) in [4.78, 5) is 45.0. The molecule has 8 nitrogen and oxygen atoms in total. The number of hydrogen-bond donors (Lipinski definition) is 3. The average Bonchev–Trinajstić information content (AvgIpc) is 2.49. The smallest absolute Gasteiger partial charge is 0.338 e. The number of rotatable bonds is 6. The van der Waals surface area contributed by atoms with Gasteiger partial charge in [-0.25, -0.2) is 4.79 Å². The number of amides is 2. The second-order valence-electron chi connectivity index (χ2n) is 3.89. The van der Waals surface area contributed by atoms with Crippen LogP contribution in [0.1, 0.15) is 20.7 Å². The lowest BCUT2D eigenvalue weighted by atomic mass is 10.1. The van der Waals surface area contributed by atoms with Crippen LogP contribution >= 0.6 is 0 Å². The summed E-state index contributed by atoms with van der Waals surface area (Å²) in [5.74, 6) is -3.15. The molecule has 0 saturated carbocycles. The van der Waals surface area contributed by atoms with Crippen molar-refractivity contribution in [1.29, 1.82) is 0 Å². The summed E-state index contributed by atoms with van der Waals surface area (Å²) in [6.07, 6.45) is 0. The van der Waals surface area contributed by atoms with Crippen molar-refractivity contribution < 1.29 is 29.0 Å². The van der Waals surface area contributed by atoms with Crippen LogP contribution in [0, 0.1) is 0 Å². The topological polar surface area (TPSA) is 122 Å². The Hall–Kier alpha value is -2.90. The predicted octanol–water partition coefficient (Wildman–Crippen LogP) is -0.596. The third-order valence-corrected chi connectivity index (χ3v) is 2.42. The third kappa shape index (κ3) is 4.94. The molecule has 3 N–H and O–H groups in total. The van der Waals surface area contributed by atoms with E-state index in [2.05, 4.69) is 15.4 Å². The number of carbonyl (C=O) groups excluding carboxylic acids is 3. The van der Waals surface area contributed by atoms with Crippen LogP contribution in [0.25, 0.3) is 0 Å². The summed E-state index contributed by atoms with van der Waals surface area (Å²) in [6.45, 7) is -0.935. The van der Waals surface area contributed by atoms with Gasteiger partial charge in [0.1, 0.15) is 6.54 Å². The molecule has 0 aliphatic carbocycles. The largest absolute Gasteiger partial charge is 0.480 e. The van der Waals surface area contributed by atoms with Gasteiger partial charge in [0.15, 0.2) is 0 Å². The van der Waals surface area contributed by atoms with E-state index in [0.717, 1.165) is 0 Å². The molecule has 0 fully saturated rings. The maximum Gasteiger partial charge on any atom is 0.338 e. The molecule has 1 aromatic rings. The number of aliphatic carboxylic acids is 1. The van der Waals surface area contributed by atoms with E-state index in [-0.39, 0.29) is 11.1 Å². The van der Waals surface area contributed by atoms with E-state index in [4.69, 9.17) is 5.11 Å². The number of carboxylic acids is 1. The monoisotopic (exact) mass is 294 g/mol. The second-order valence-corrected chi connectivity index (χ2v) is 3.89. The zero-order valence-corrected chi connectivity index (χ0v) is 11.2. The Morgan fingerprint density at radius 3 is 2.24 bits per heavy atom. The highest BCUT2D eigenvalue weighted by atomic mass is 16.5. The van der Waals surface area contributed by atoms with E-state index in [1.54, 1.807) is 12.1 Å². The van der Waals surface area contributed by atoms with E-state index < -0.39 is 36.8 Å². The third-order valence-electron chi connectivity index (χ3n) is 2.42. The first-order valence-electron chi connectivity index (χ1n) is 5.89. The van der Waals surface area contributed by atoms with Crippen molar-refractivity contribution in [2.45, 2.75) is 0 Å². The number of hydrogen-bond acceptors (Lipinski definition) is 5. The van der Waals surface area contributed by atoms with Gasteiger partial charge in [-0.05, 0) is 12.1 Å². The van der Waals surface area contributed by atoms with Gasteiger partial charge in [0.05, 0.1) is 24.8 Å². The molecule has 0 saturated heterocycles. The molecule has 112 valence electrons. The molecule has 0 radical (unpaired) electrons. The van der Waals surface area contributed by atoms with Gasteiger partial charge in [-0.2, -0.15) is 0 Å². The first-order valence-corrected chi connectivity index (χ1v) is 5.89. The minimum Gasteiger partial charge on any atom is -0.480 e. The van der Waals surface area contributed by atoms with Gasteiger partial charge in [-0.1, -0.05) is 12.1 Å². The van der Waals surface area contributed by atoms with E-state index in [1.807, 2.05) is 0 Å². The standard InChI is InChI=1S/C13H14N2O6/c1-21-13(20)9-5-3-2-4-8(9)12(19)15-6-10(16)14-7-11(17)18/h2-5H,6-7H2,1H3,(H,14,16)(H,15,19)(H,17,18). The average molecular weight is 294 g/mol. The molecule has 1 aromatic carbocycles. The number of carboxylic acid groups (broad SMARTS) is 1. The molecule has 0 aliphatic rings. The SMILES string of the molecule is COC(=O)c1ccccc1C(=O)NCC(=O)NCC(=O)O. The van der Waals surface area contributed by atoms with Crippen molar-refractivity contribution in [3.05, 3.63) is 35.4 Å². The van der Waals surface area contributed by atoms with Crippen LogP contribution in [0.15, 0.2) is 24.3 Å². The van der Waals surface area contributed by atoms with E-state index in [1.165, 1.54) is 19.2 Å². The number of esters is 1. The Morgan fingerprint density at radius 1 is 1.05 bits per heavy atom. The summed E-state index contributed by atoms with van der Waals surface area (Å²) in [7, 11) is 1.19. The zero-order chi connectivity index (χ0) is 15.8. The highest BCUT2D eigenvalue weighted by Crippen LogP contribution is 2.09. The van der Waals surface area contributed by atoms with Crippen molar-refractivity contribution in [3.63, 3.8) is 0 Å². The van der Waals surface area contributed by atoms with Gasteiger partial charge in [-0.3, -0.25) is 14.4 Å². The maximum atomic E-state index is 11.9. The molecule has 0 bridgehead atoms. The molecule has 0 unspecified atom stereocenters. The van der Waals surface area contributed by atoms with Crippen molar-refractivity contribution in [1.82, 2.24) is 10.6 Å². The van der Waals surface area contributed by atoms with E-state index in [0.29, 0.717) is 0 Å². The highest BCUT2D eigenvalue weighted by Gasteiger charge is 2.17. The zero-order valence-electron chi connectivity index (χ0n) is 11.2. The van der Waals surface area contributed by atoms with Crippen LogP contribution in [0.5, 0.6) is 0 Å². The van der Waals surface area contributed by atoms with Gasteiger partial charge in [0.25, 0.3) is 5.91 Å². The first kappa shape index (κ1) is 16.2. The van der Waals surface area contributed by atoms with Crippen molar-refractivity contribution >= 4 is 23.8 Å². The number of carbonyl (C=O) groups is 4. The van der Waals surface area contributed by atoms with Crippen LogP contribution in [0.2, 0.25) is 0 Å². The predicted molar refractivity (Wildman–Crippen MR) is 70.8 cm³/mol. The lowest BCUT2D eigenvalue weighted by Crippen LogP contribution is -2.39. The molecule has 8 heteroatoms. The van der Waals surface area contributed by atoms with Crippen molar-refractivity contribution in [3.8, 4) is 0 Å². The summed E-state index contributed by atoms with van der Waals surface area (Å²) in [6, 6.07) is 5.97. The minimum absolute atomic E-state index is 0.0652. The Labute approximate surface area is 120 Å².